The van der Waals surface area contributed by atoms with E-state index in [9.17, 15) is 4.79 Å². The van der Waals surface area contributed by atoms with Gasteiger partial charge in [-0.1, -0.05) is 41.6 Å². The monoisotopic (exact) mass is 491 g/mol. The van der Waals surface area contributed by atoms with Crippen LogP contribution in [0.5, 0.6) is 17.2 Å². The molecule has 0 radical (unpaired) electrons. The zero-order valence-electron chi connectivity index (χ0n) is 18.6. The lowest BCUT2D eigenvalue weighted by atomic mass is 10.1. The number of thiocarbonyl (C=S) groups is 1. The number of rotatable bonds is 9. The Morgan fingerprint density at radius 1 is 1.12 bits per heavy atom. The number of likely N-dealkylation sites (N-methyl/N-ethyl adjacent to an activating group) is 1. The topological polar surface area (TPSA) is 48.0 Å². The summed E-state index contributed by atoms with van der Waals surface area (Å²) in [6, 6.07) is 9.60. The van der Waals surface area contributed by atoms with Gasteiger partial charge in [-0.05, 0) is 67.8 Å². The zero-order chi connectivity index (χ0) is 23.3. The predicted octanol–water partition coefficient (Wildman–Crippen LogP) is 6.03. The minimum absolute atomic E-state index is 0.0957. The van der Waals surface area contributed by atoms with E-state index in [-0.39, 0.29) is 5.91 Å². The number of carbonyl (C=O) groups is 1. The molecule has 0 N–H and O–H groups in total. The normalized spacial score (nSPS) is 14.9. The molecule has 1 amide bonds. The molecule has 2 aromatic carbocycles. The van der Waals surface area contributed by atoms with Gasteiger partial charge in [-0.15, -0.1) is 0 Å². The number of nitrogens with zero attached hydrogens (tertiary/aromatic N) is 1. The van der Waals surface area contributed by atoms with E-state index in [1.807, 2.05) is 25.1 Å². The number of amides is 1. The lowest BCUT2D eigenvalue weighted by Gasteiger charge is -2.14. The lowest BCUT2D eigenvalue weighted by molar-refractivity contribution is -0.121. The summed E-state index contributed by atoms with van der Waals surface area (Å²) in [6.07, 6.45) is 2.46. The van der Waals surface area contributed by atoms with E-state index in [1.165, 1.54) is 22.9 Å². The van der Waals surface area contributed by atoms with Gasteiger partial charge in [-0.2, -0.15) is 0 Å². The average molecular weight is 492 g/mol. The van der Waals surface area contributed by atoms with Gasteiger partial charge >= 0.3 is 0 Å². The van der Waals surface area contributed by atoms with Crippen molar-refractivity contribution in [3.63, 3.8) is 0 Å². The van der Waals surface area contributed by atoms with Crippen molar-refractivity contribution in [2.75, 3.05) is 26.9 Å². The smallest absolute Gasteiger partial charge is 0.266 e. The number of aryl methyl sites for hydroxylation is 2. The predicted molar refractivity (Wildman–Crippen MR) is 135 cm³/mol. The molecule has 0 aromatic heterocycles. The molecule has 5 nitrogen and oxygen atoms in total. The van der Waals surface area contributed by atoms with Crippen LogP contribution >= 0.6 is 35.6 Å². The first kappa shape index (κ1) is 24.4. The van der Waals surface area contributed by atoms with E-state index in [4.69, 9.17) is 38.0 Å². The third-order valence-corrected chi connectivity index (χ3v) is 6.68. The van der Waals surface area contributed by atoms with Crippen LogP contribution in [-0.4, -0.2) is 42.0 Å². The summed E-state index contributed by atoms with van der Waals surface area (Å²) in [5.41, 5.74) is 3.18. The molecule has 0 unspecified atom stereocenters. The Morgan fingerprint density at radius 2 is 1.88 bits per heavy atom. The minimum atomic E-state index is -0.0957. The van der Waals surface area contributed by atoms with Gasteiger partial charge in [0, 0.05) is 13.0 Å². The summed E-state index contributed by atoms with van der Waals surface area (Å²) in [7, 11) is 1.56. The summed E-state index contributed by atoms with van der Waals surface area (Å²) in [5, 5.41) is 0.414. The van der Waals surface area contributed by atoms with Gasteiger partial charge in [0.2, 0.25) is 0 Å². The summed E-state index contributed by atoms with van der Waals surface area (Å²) in [4.78, 5) is 14.6. The molecule has 2 aromatic rings. The van der Waals surface area contributed by atoms with Gasteiger partial charge in [0.25, 0.3) is 5.91 Å². The van der Waals surface area contributed by atoms with Crippen molar-refractivity contribution in [2.45, 2.75) is 27.2 Å². The van der Waals surface area contributed by atoms with Gasteiger partial charge in [-0.25, -0.2) is 0 Å². The molecule has 1 saturated heterocycles. The number of methoxy groups -OCH3 is 1. The van der Waals surface area contributed by atoms with Crippen molar-refractivity contribution >= 4 is 51.9 Å². The van der Waals surface area contributed by atoms with Crippen molar-refractivity contribution in [1.29, 1.82) is 0 Å². The van der Waals surface area contributed by atoms with Crippen molar-refractivity contribution < 1.29 is 19.0 Å². The van der Waals surface area contributed by atoms with Crippen molar-refractivity contribution in [3.8, 4) is 17.2 Å². The summed E-state index contributed by atoms with van der Waals surface area (Å²) in [6.45, 7) is 7.54. The van der Waals surface area contributed by atoms with E-state index in [0.29, 0.717) is 51.9 Å². The van der Waals surface area contributed by atoms with Crippen LogP contribution < -0.4 is 14.2 Å². The van der Waals surface area contributed by atoms with Crippen LogP contribution in [0.15, 0.2) is 35.2 Å². The minimum Gasteiger partial charge on any atom is -0.493 e. The maximum atomic E-state index is 12.4. The molecule has 0 bridgehead atoms. The number of benzene rings is 2. The van der Waals surface area contributed by atoms with Gasteiger partial charge < -0.3 is 14.2 Å². The zero-order valence-corrected chi connectivity index (χ0v) is 21.0. The van der Waals surface area contributed by atoms with Crippen molar-refractivity contribution in [1.82, 2.24) is 4.90 Å². The van der Waals surface area contributed by atoms with Crippen molar-refractivity contribution in [3.05, 3.63) is 56.9 Å². The second kappa shape index (κ2) is 11.1. The van der Waals surface area contributed by atoms with Gasteiger partial charge in [0.15, 0.2) is 11.5 Å². The van der Waals surface area contributed by atoms with Gasteiger partial charge in [-0.3, -0.25) is 9.69 Å². The van der Waals surface area contributed by atoms with Crippen molar-refractivity contribution in [2.24, 2.45) is 0 Å². The van der Waals surface area contributed by atoms with E-state index < -0.39 is 0 Å². The highest BCUT2D eigenvalue weighted by atomic mass is 35.5. The SMILES string of the molecule is CCN1C(=O)/C(=C\c2cc(Cl)c(OCCCOc3ccc(C)c(C)c3)c(OC)c2)SC1=S. The molecule has 1 heterocycles. The van der Waals surface area contributed by atoms with Crippen LogP contribution in [0.2, 0.25) is 5.02 Å². The standard InChI is InChI=1S/C24H26ClNO4S2/c1-5-26-23(27)21(32-24(26)31)14-17-12-19(25)22(20(13-17)28-4)30-10-6-9-29-18-8-7-15(2)16(3)11-18/h7-8,11-14H,5-6,9-10H2,1-4H3/b21-14+. The van der Waals surface area contributed by atoms with E-state index in [1.54, 1.807) is 30.2 Å². The Hall–Kier alpha value is -2.22. The molecule has 0 spiro atoms. The summed E-state index contributed by atoms with van der Waals surface area (Å²) >= 11 is 13.0. The highest BCUT2D eigenvalue weighted by Gasteiger charge is 2.30. The molecule has 3 rings (SSSR count). The van der Waals surface area contributed by atoms with Crippen LogP contribution in [0.25, 0.3) is 6.08 Å². The van der Waals surface area contributed by atoms with E-state index in [2.05, 4.69) is 13.8 Å². The third-order valence-electron chi connectivity index (χ3n) is 5.02. The number of carbonyl (C=O) groups excluding carboxylic acids is 1. The highest BCUT2D eigenvalue weighted by molar-refractivity contribution is 8.26. The van der Waals surface area contributed by atoms with E-state index >= 15 is 0 Å². The van der Waals surface area contributed by atoms with Crippen LogP contribution in [0, 0.1) is 13.8 Å². The number of halogens is 1. The number of hydrogen-bond acceptors (Lipinski definition) is 6. The second-order valence-corrected chi connectivity index (χ2v) is 9.34. The fourth-order valence-corrected chi connectivity index (χ4v) is 4.77. The summed E-state index contributed by atoms with van der Waals surface area (Å²) < 4.78 is 17.7. The molecular weight excluding hydrogens is 466 g/mol. The number of hydrogen-bond donors (Lipinski definition) is 0. The van der Waals surface area contributed by atoms with Gasteiger partial charge in [0.1, 0.15) is 10.1 Å². The quantitative estimate of drug-likeness (QED) is 0.242. The molecular formula is C24H26ClNO4S2. The van der Waals surface area contributed by atoms with Crippen LogP contribution in [0.3, 0.4) is 0 Å². The molecule has 170 valence electrons. The molecule has 1 fully saturated rings. The number of thioether (sulfide) groups is 1. The third kappa shape index (κ3) is 5.77. The Morgan fingerprint density at radius 3 is 2.53 bits per heavy atom. The Bertz CT molecular complexity index is 1050. The molecule has 32 heavy (non-hydrogen) atoms. The Labute approximate surface area is 203 Å². The first-order chi connectivity index (χ1) is 15.3. The molecule has 0 atom stereocenters. The van der Waals surface area contributed by atoms with Gasteiger partial charge in [0.05, 0.1) is 30.3 Å². The largest absolute Gasteiger partial charge is 0.493 e. The lowest BCUT2D eigenvalue weighted by Crippen LogP contribution is -2.27. The first-order valence-corrected chi connectivity index (χ1v) is 11.9. The fourth-order valence-electron chi connectivity index (χ4n) is 3.11. The van der Waals surface area contributed by atoms with E-state index in [0.717, 1.165) is 11.3 Å². The molecule has 0 aliphatic carbocycles. The number of ether oxygens (including phenoxy) is 3. The average Bonchev–Trinajstić information content (AvgIpc) is 3.03. The Kier molecular flexibility index (Phi) is 8.45. The fraction of sp³-hybridized carbons (Fsp3) is 0.333. The summed E-state index contributed by atoms with van der Waals surface area (Å²) in [5.74, 6) is 1.73. The maximum absolute atomic E-state index is 12.4. The first-order valence-electron chi connectivity index (χ1n) is 10.3. The van der Waals surface area contributed by atoms with Crippen LogP contribution in [-0.2, 0) is 4.79 Å². The highest BCUT2D eigenvalue weighted by Crippen LogP contribution is 2.39. The second-order valence-electron chi connectivity index (χ2n) is 7.26. The molecule has 0 saturated carbocycles. The molecule has 1 aliphatic rings. The maximum Gasteiger partial charge on any atom is 0.266 e. The Balaban J connectivity index is 1.61. The van der Waals surface area contributed by atoms with Crippen LogP contribution in [0.1, 0.15) is 30.0 Å². The molecule has 1 aliphatic heterocycles. The molecule has 8 heteroatoms. The van der Waals surface area contributed by atoms with Crippen LogP contribution in [0.4, 0.5) is 0 Å².